The molecular formula is C13H10O20S3Zn5+2. The summed E-state index contributed by atoms with van der Waals surface area (Å²) in [7, 11) is -16.5. The Morgan fingerprint density at radius 3 is 1.10 bits per heavy atom. The minimum absolute atomic E-state index is 0. The predicted octanol–water partition coefficient (Wildman–Crippen LogP) is -8.15. The number of rotatable bonds is 7. The van der Waals surface area contributed by atoms with Gasteiger partial charge in [-0.25, -0.2) is 21.6 Å². The molecule has 0 bridgehead atoms. The van der Waals surface area contributed by atoms with Gasteiger partial charge in [-0.15, -0.1) is 0 Å². The first kappa shape index (κ1) is 60.0. The molecule has 0 amide bonds. The van der Waals surface area contributed by atoms with Crippen LogP contribution in [0.1, 0.15) is 23.2 Å². The van der Waals surface area contributed by atoms with Crippen LogP contribution in [0.15, 0.2) is 24.3 Å². The van der Waals surface area contributed by atoms with Crippen LogP contribution in [0, 0.1) is 0 Å². The smallest absolute Gasteiger partial charge is 0.872 e. The molecule has 0 spiro atoms. The van der Waals surface area contributed by atoms with E-state index >= 15 is 0 Å². The Hall–Kier alpha value is -0.333. The molecule has 20 nitrogen and oxygen atoms in total. The molecule has 0 aliphatic heterocycles. The molecule has 1 rings (SSSR count). The molecule has 0 aliphatic rings. The summed E-state index contributed by atoms with van der Waals surface area (Å²) >= 11 is 0. The van der Waals surface area contributed by atoms with Crippen LogP contribution in [0.5, 0.6) is 5.75 Å². The molecule has 0 saturated heterocycles. The van der Waals surface area contributed by atoms with E-state index in [9.17, 15) is 65.5 Å². The number of hydrogen-bond donors (Lipinski definition) is 2. The topological polar surface area (TPSA) is 396 Å². The van der Waals surface area contributed by atoms with Crippen molar-refractivity contribution < 1.29 is 191 Å². The van der Waals surface area contributed by atoms with Crippen LogP contribution < -0.4 is 20.4 Å². The summed E-state index contributed by atoms with van der Waals surface area (Å²) in [5, 5.41) is 58.0. The molecule has 1 aromatic carbocycles. The maximum absolute atomic E-state index is 10.7. The molecule has 0 heterocycles. The number of carboxylic acid groups (broad SMARTS) is 4. The van der Waals surface area contributed by atoms with Crippen molar-refractivity contribution in [2.75, 3.05) is 0 Å². The van der Waals surface area contributed by atoms with Crippen molar-refractivity contribution in [3.63, 3.8) is 0 Å². The summed E-state index contributed by atoms with van der Waals surface area (Å²) in [6.07, 6.45) is -2.72. The molecule has 28 heteroatoms. The van der Waals surface area contributed by atoms with E-state index < -0.39 is 76.8 Å². The van der Waals surface area contributed by atoms with Crippen molar-refractivity contribution in [1.82, 2.24) is 0 Å². The van der Waals surface area contributed by atoms with Gasteiger partial charge in [0.15, 0.2) is 18.3 Å². The van der Waals surface area contributed by atoms with Crippen LogP contribution in [0.4, 0.5) is 0 Å². The Labute approximate surface area is 294 Å². The van der Waals surface area contributed by atoms with Gasteiger partial charge in [0.1, 0.15) is 5.60 Å². The van der Waals surface area contributed by atoms with Crippen LogP contribution >= 0.6 is 0 Å². The molecule has 2 N–H and O–H groups in total. The summed E-state index contributed by atoms with van der Waals surface area (Å²) in [4.78, 5) is 40.2. The molecule has 1 aromatic rings. The first-order chi connectivity index (χ1) is 15.7. The molecule has 0 atom stereocenters. The Morgan fingerprint density at radius 1 is 0.683 bits per heavy atom. The molecule has 208 valence electrons. The largest absolute Gasteiger partial charge is 2.00 e. The van der Waals surface area contributed by atoms with Crippen LogP contribution in [0.2, 0.25) is 0 Å². The van der Waals surface area contributed by atoms with Crippen LogP contribution in [-0.2, 0) is 140 Å². The number of carbonyl (C=O) groups excluding carboxylic acids is 3. The fourth-order valence-electron chi connectivity index (χ4n) is 1.33. The van der Waals surface area contributed by atoms with Crippen LogP contribution in [0.25, 0.3) is 0 Å². The van der Waals surface area contributed by atoms with Gasteiger partial charge >= 0.3 is 103 Å². The summed E-state index contributed by atoms with van der Waals surface area (Å²) in [5.41, 5.74) is -3.15. The van der Waals surface area contributed by atoms with Gasteiger partial charge in [0.2, 0.25) is 0 Å². The summed E-state index contributed by atoms with van der Waals surface area (Å²) in [6, 6.07) is 5.54. The zero-order valence-electron chi connectivity index (χ0n) is 20.2. The Morgan fingerprint density at radius 2 is 0.951 bits per heavy atom. The zero-order valence-corrected chi connectivity index (χ0v) is 37.5. The number of hydrogen-bond acceptors (Lipinski definition) is 19. The van der Waals surface area contributed by atoms with Gasteiger partial charge in [-0.05, 0) is 6.07 Å². The van der Waals surface area contributed by atoms with E-state index in [1.54, 1.807) is 0 Å². The van der Waals surface area contributed by atoms with E-state index in [2.05, 4.69) is 0 Å². The number of aliphatic hydroxyl groups is 1. The summed E-state index contributed by atoms with van der Waals surface area (Å²) in [6.45, 7) is 0. The maximum Gasteiger partial charge on any atom is 2.00 e. The van der Waals surface area contributed by atoms with Gasteiger partial charge in [-0.1, -0.05) is 23.9 Å². The second-order valence-corrected chi connectivity index (χ2v) is 10.3. The molecular weight excluding hydrogens is 899 g/mol. The van der Waals surface area contributed by atoms with Crippen molar-refractivity contribution >= 4 is 52.6 Å². The third kappa shape index (κ3) is 35.8. The van der Waals surface area contributed by atoms with E-state index in [4.69, 9.17) is 27.7 Å². The average molecular weight is 909 g/mol. The van der Waals surface area contributed by atoms with E-state index in [1.165, 1.54) is 24.3 Å². The Balaban J connectivity index is -0.0000000591. The van der Waals surface area contributed by atoms with Gasteiger partial charge in [0.25, 0.3) is 0 Å². The first-order valence-corrected chi connectivity index (χ1v) is 12.3. The SMILES string of the molecule is O=C(O)c1ccccc1[O-].O=C([O-])CC(O)(CC(=O)[O-])C(=O)[O-].O=S(=O)([O-])S(=O)(=O)[O-].O=S(=O)([O-])[O-].[Zn+2].[Zn+2].[Zn+2].[Zn+2].[Zn+2]. The van der Waals surface area contributed by atoms with Gasteiger partial charge in [-0.2, -0.15) is 0 Å². The Bertz CT molecular complexity index is 1210. The van der Waals surface area contributed by atoms with Gasteiger partial charge < -0.3 is 63.2 Å². The molecule has 0 aromatic heterocycles. The predicted molar refractivity (Wildman–Crippen MR) is 91.9 cm³/mol. The molecule has 0 fully saturated rings. The van der Waals surface area contributed by atoms with Crippen LogP contribution in [0.3, 0.4) is 0 Å². The minimum atomic E-state index is -5.67. The normalized spacial score (nSPS) is 9.78. The Kier molecular flexibility index (Phi) is 38.2. The number of aromatic carboxylic acids is 1. The molecule has 41 heavy (non-hydrogen) atoms. The molecule has 0 saturated carbocycles. The fraction of sp³-hybridized carbons (Fsp3) is 0.231. The number of benzene rings is 1. The number of carbonyl (C=O) groups is 4. The van der Waals surface area contributed by atoms with E-state index in [1.807, 2.05) is 0 Å². The summed E-state index contributed by atoms with van der Waals surface area (Å²) < 4.78 is 89.3. The second-order valence-electron chi connectivity index (χ2n) is 5.44. The second kappa shape index (κ2) is 26.1. The third-order valence-corrected chi connectivity index (χ3v) is 4.62. The van der Waals surface area contributed by atoms with Gasteiger partial charge in [0, 0.05) is 35.2 Å². The van der Waals surface area contributed by atoms with Crippen molar-refractivity contribution in [2.24, 2.45) is 0 Å². The third-order valence-electron chi connectivity index (χ3n) is 2.62. The van der Waals surface area contributed by atoms with E-state index in [-0.39, 0.29) is 103 Å². The molecule has 0 unspecified atom stereocenters. The number of carboxylic acids is 4. The van der Waals surface area contributed by atoms with Crippen molar-refractivity contribution in [2.45, 2.75) is 18.4 Å². The molecule has 0 radical (unpaired) electrons. The first-order valence-electron chi connectivity index (χ1n) is 7.66. The standard InChI is InChI=1S/C7H6O3.C6H8O7.H2O6S2.H2O4S.5Zn/c8-6-4-2-1-3-5(6)7(9)10;7-3(8)1-6(13,5(11)12)2-4(9)10;1-7(2,3)8(4,5)6;1-5(2,3)4;;;;;/h1-4,8H,(H,9,10);13H,1-2H2,(H,7,8)(H,9,10)(H,11,12);(H,1,2,3)(H,4,5,6);(H2,1,2,3,4);;;;;/q;;;;5*+2/p-8. The van der Waals surface area contributed by atoms with Crippen molar-refractivity contribution in [1.29, 1.82) is 0 Å². The van der Waals surface area contributed by atoms with Crippen molar-refractivity contribution in [3.05, 3.63) is 29.8 Å². The van der Waals surface area contributed by atoms with E-state index in [0.717, 1.165) is 0 Å². The van der Waals surface area contributed by atoms with Gasteiger partial charge in [-0.3, -0.25) is 8.42 Å². The van der Waals surface area contributed by atoms with E-state index in [0.29, 0.717) is 0 Å². The number of para-hydroxylation sites is 1. The summed E-state index contributed by atoms with van der Waals surface area (Å²) in [5.74, 6) is -7.61. The van der Waals surface area contributed by atoms with Crippen molar-refractivity contribution in [3.8, 4) is 5.75 Å². The molecule has 0 aliphatic carbocycles. The average Bonchev–Trinajstić information content (AvgIpc) is 2.58. The number of aliphatic carboxylic acids is 3. The quantitative estimate of drug-likeness (QED) is 0.111. The monoisotopic (exact) mass is 902 g/mol. The minimum Gasteiger partial charge on any atom is -0.872 e. The van der Waals surface area contributed by atoms with Gasteiger partial charge in [0.05, 0.1) is 11.5 Å². The maximum atomic E-state index is 10.7. The zero-order chi connectivity index (χ0) is 29.7. The fourth-order valence-corrected chi connectivity index (χ4v) is 1.33. The van der Waals surface area contributed by atoms with Crippen LogP contribution in [-0.4, -0.2) is 83.2 Å².